The van der Waals surface area contributed by atoms with Gasteiger partial charge >= 0.3 is 6.01 Å². The molecule has 3 rings (SSSR count). The third-order valence-electron chi connectivity index (χ3n) is 3.46. The van der Waals surface area contributed by atoms with Crippen LogP contribution in [0.5, 0.6) is 6.01 Å². The van der Waals surface area contributed by atoms with E-state index in [1.807, 2.05) is 0 Å². The Bertz CT molecular complexity index is 593. The molecule has 1 aromatic heterocycles. The summed E-state index contributed by atoms with van der Waals surface area (Å²) in [7, 11) is 1.52. The number of hydrogen-bond acceptors (Lipinski definition) is 5. The SMILES string of the molecule is COc1nc(Cl)nc(N2CCc3ccccc3CC2)n1. The molecule has 1 aromatic carbocycles. The Balaban J connectivity index is 1.85. The first-order chi connectivity index (χ1) is 9.76. The van der Waals surface area contributed by atoms with Crippen LogP contribution < -0.4 is 9.64 Å². The lowest BCUT2D eigenvalue weighted by Gasteiger charge is -2.20. The smallest absolute Gasteiger partial charge is 0.322 e. The van der Waals surface area contributed by atoms with E-state index < -0.39 is 0 Å². The fraction of sp³-hybridized carbons (Fsp3) is 0.357. The van der Waals surface area contributed by atoms with Crippen molar-refractivity contribution in [3.63, 3.8) is 0 Å². The van der Waals surface area contributed by atoms with Crippen molar-refractivity contribution in [1.29, 1.82) is 0 Å². The molecule has 0 spiro atoms. The van der Waals surface area contributed by atoms with Crippen LogP contribution in [0.4, 0.5) is 5.95 Å². The Morgan fingerprint density at radius 1 is 1.05 bits per heavy atom. The van der Waals surface area contributed by atoms with Gasteiger partial charge in [-0.1, -0.05) is 24.3 Å². The number of anilines is 1. The van der Waals surface area contributed by atoms with Gasteiger partial charge in [0.05, 0.1) is 7.11 Å². The summed E-state index contributed by atoms with van der Waals surface area (Å²) in [6.45, 7) is 1.72. The van der Waals surface area contributed by atoms with Gasteiger partial charge in [-0.15, -0.1) is 0 Å². The summed E-state index contributed by atoms with van der Waals surface area (Å²) >= 11 is 5.91. The van der Waals surface area contributed by atoms with Crippen molar-refractivity contribution in [2.24, 2.45) is 0 Å². The van der Waals surface area contributed by atoms with Crippen LogP contribution in [0.2, 0.25) is 5.28 Å². The third kappa shape index (κ3) is 2.67. The number of benzene rings is 1. The summed E-state index contributed by atoms with van der Waals surface area (Å²) in [5.74, 6) is 0.578. The highest BCUT2D eigenvalue weighted by atomic mass is 35.5. The minimum Gasteiger partial charge on any atom is -0.467 e. The Kier molecular flexibility index (Phi) is 3.69. The molecule has 1 aliphatic heterocycles. The molecular formula is C14H15ClN4O. The number of methoxy groups -OCH3 is 1. The zero-order valence-electron chi connectivity index (χ0n) is 11.2. The Labute approximate surface area is 122 Å². The number of nitrogens with zero attached hydrogens (tertiary/aromatic N) is 4. The van der Waals surface area contributed by atoms with Crippen molar-refractivity contribution in [2.45, 2.75) is 12.8 Å². The predicted molar refractivity (Wildman–Crippen MR) is 77.5 cm³/mol. The maximum absolute atomic E-state index is 5.91. The number of hydrogen-bond donors (Lipinski definition) is 0. The highest BCUT2D eigenvalue weighted by Gasteiger charge is 2.17. The maximum atomic E-state index is 5.91. The molecule has 0 aliphatic carbocycles. The zero-order valence-corrected chi connectivity index (χ0v) is 12.0. The number of fused-ring (bicyclic) bond motifs is 1. The lowest BCUT2D eigenvalue weighted by molar-refractivity contribution is 0.378. The molecule has 0 N–H and O–H groups in total. The lowest BCUT2D eigenvalue weighted by Crippen LogP contribution is -2.28. The first-order valence-electron chi connectivity index (χ1n) is 6.53. The van der Waals surface area contributed by atoms with Gasteiger partial charge in [-0.3, -0.25) is 0 Å². The summed E-state index contributed by atoms with van der Waals surface area (Å²) in [6, 6.07) is 8.77. The van der Waals surface area contributed by atoms with E-state index in [1.54, 1.807) is 0 Å². The van der Waals surface area contributed by atoms with E-state index in [-0.39, 0.29) is 11.3 Å². The van der Waals surface area contributed by atoms with Crippen LogP contribution in [-0.4, -0.2) is 35.2 Å². The third-order valence-corrected chi connectivity index (χ3v) is 3.63. The van der Waals surface area contributed by atoms with Crippen molar-refractivity contribution >= 4 is 17.5 Å². The van der Waals surface area contributed by atoms with Crippen LogP contribution in [0.15, 0.2) is 24.3 Å². The van der Waals surface area contributed by atoms with Crippen LogP contribution in [0, 0.1) is 0 Å². The van der Waals surface area contributed by atoms with Crippen molar-refractivity contribution in [1.82, 2.24) is 15.0 Å². The summed E-state index contributed by atoms with van der Waals surface area (Å²) < 4.78 is 5.05. The van der Waals surface area contributed by atoms with Crippen LogP contribution in [0.1, 0.15) is 11.1 Å². The topological polar surface area (TPSA) is 51.1 Å². The average Bonchev–Trinajstić information content (AvgIpc) is 2.69. The molecule has 0 saturated carbocycles. The van der Waals surface area contributed by atoms with E-state index in [4.69, 9.17) is 16.3 Å². The molecule has 20 heavy (non-hydrogen) atoms. The zero-order chi connectivity index (χ0) is 13.9. The van der Waals surface area contributed by atoms with E-state index in [2.05, 4.69) is 44.1 Å². The second-order valence-electron chi connectivity index (χ2n) is 4.65. The fourth-order valence-electron chi connectivity index (χ4n) is 2.42. The molecule has 0 atom stereocenters. The number of rotatable bonds is 2. The summed E-state index contributed by atoms with van der Waals surface area (Å²) in [5.41, 5.74) is 2.78. The standard InChI is InChI=1S/C14H15ClN4O/c1-20-14-17-12(15)16-13(18-14)19-8-6-10-4-2-3-5-11(10)7-9-19/h2-5H,6-9H2,1H3. The van der Waals surface area contributed by atoms with Crippen molar-refractivity contribution in [2.75, 3.05) is 25.1 Å². The monoisotopic (exact) mass is 290 g/mol. The number of ether oxygens (including phenoxy) is 1. The van der Waals surface area contributed by atoms with Crippen LogP contribution >= 0.6 is 11.6 Å². The Morgan fingerprint density at radius 2 is 1.70 bits per heavy atom. The number of halogens is 1. The second kappa shape index (κ2) is 5.63. The van der Waals surface area contributed by atoms with E-state index in [0.717, 1.165) is 25.9 Å². The Hall–Kier alpha value is -1.88. The molecule has 1 aliphatic rings. The minimum absolute atomic E-state index is 0.161. The van der Waals surface area contributed by atoms with Crippen LogP contribution in [0.25, 0.3) is 0 Å². The van der Waals surface area contributed by atoms with Gasteiger partial charge in [0.25, 0.3) is 0 Å². The molecule has 104 valence electrons. The lowest BCUT2D eigenvalue weighted by atomic mass is 10.0. The van der Waals surface area contributed by atoms with Gasteiger partial charge < -0.3 is 9.64 Å². The molecule has 0 amide bonds. The van der Waals surface area contributed by atoms with Gasteiger partial charge in [-0.25, -0.2) is 0 Å². The van der Waals surface area contributed by atoms with E-state index in [9.17, 15) is 0 Å². The summed E-state index contributed by atoms with van der Waals surface area (Å²) in [5, 5.41) is 0.161. The molecule has 2 aromatic rings. The first kappa shape index (κ1) is 13.1. The molecule has 0 saturated heterocycles. The summed E-state index contributed by atoms with van der Waals surface area (Å²) in [6.07, 6.45) is 1.95. The van der Waals surface area contributed by atoms with Gasteiger partial charge in [-0.05, 0) is 35.6 Å². The van der Waals surface area contributed by atoms with Gasteiger partial charge in [0, 0.05) is 13.1 Å². The maximum Gasteiger partial charge on any atom is 0.322 e. The molecule has 5 nitrogen and oxygen atoms in total. The minimum atomic E-state index is 0.161. The number of aromatic nitrogens is 3. The van der Waals surface area contributed by atoms with E-state index in [0.29, 0.717) is 5.95 Å². The van der Waals surface area contributed by atoms with Gasteiger partial charge in [0.2, 0.25) is 11.2 Å². The molecule has 6 heteroatoms. The van der Waals surface area contributed by atoms with E-state index in [1.165, 1.54) is 18.2 Å². The highest BCUT2D eigenvalue weighted by molar-refractivity contribution is 6.28. The quantitative estimate of drug-likeness (QED) is 0.848. The largest absolute Gasteiger partial charge is 0.467 e. The van der Waals surface area contributed by atoms with Gasteiger partial charge in [0.15, 0.2) is 0 Å². The van der Waals surface area contributed by atoms with Gasteiger partial charge in [-0.2, -0.15) is 15.0 Å². The first-order valence-corrected chi connectivity index (χ1v) is 6.91. The second-order valence-corrected chi connectivity index (χ2v) is 4.98. The summed E-state index contributed by atoms with van der Waals surface area (Å²) in [4.78, 5) is 14.5. The molecule has 0 fully saturated rings. The van der Waals surface area contributed by atoms with Crippen molar-refractivity contribution in [3.8, 4) is 6.01 Å². The van der Waals surface area contributed by atoms with Crippen molar-refractivity contribution < 1.29 is 4.74 Å². The molecule has 0 bridgehead atoms. The van der Waals surface area contributed by atoms with Crippen molar-refractivity contribution in [3.05, 3.63) is 40.7 Å². The van der Waals surface area contributed by atoms with E-state index >= 15 is 0 Å². The van der Waals surface area contributed by atoms with Crippen LogP contribution in [-0.2, 0) is 12.8 Å². The molecule has 0 radical (unpaired) electrons. The van der Waals surface area contributed by atoms with Crippen LogP contribution in [0.3, 0.4) is 0 Å². The molecular weight excluding hydrogens is 276 g/mol. The average molecular weight is 291 g/mol. The highest BCUT2D eigenvalue weighted by Crippen LogP contribution is 2.20. The molecule has 2 heterocycles. The van der Waals surface area contributed by atoms with Gasteiger partial charge in [0.1, 0.15) is 0 Å². The molecule has 0 unspecified atom stereocenters. The normalized spacial score (nSPS) is 14.6. The predicted octanol–water partition coefficient (Wildman–Crippen LogP) is 2.14. The fourth-order valence-corrected chi connectivity index (χ4v) is 2.57. The Morgan fingerprint density at radius 3 is 2.30 bits per heavy atom.